The number of nitrogen functional groups attached to an aromatic ring is 1. The first kappa shape index (κ1) is 23.0. The largest absolute Gasteiger partial charge is 0.381 e. The Morgan fingerprint density at radius 1 is 1.18 bits per heavy atom. The molecular formula is C21H24ClF2N7O2. The van der Waals surface area contributed by atoms with Crippen LogP contribution in [0, 0.1) is 17.6 Å². The number of halogens is 3. The molecule has 0 aliphatic carbocycles. The molecule has 1 aromatic heterocycles. The van der Waals surface area contributed by atoms with Crippen LogP contribution in [0.2, 0.25) is 5.02 Å². The minimum absolute atomic E-state index is 0.0176. The number of carbonyl (C=O) groups excluding carboxylic acids is 2. The lowest BCUT2D eigenvalue weighted by atomic mass is 9.87. The summed E-state index contributed by atoms with van der Waals surface area (Å²) in [7, 11) is 0. The van der Waals surface area contributed by atoms with E-state index in [1.54, 1.807) is 9.80 Å². The average molecular weight is 480 g/mol. The van der Waals surface area contributed by atoms with Crippen LogP contribution >= 0.6 is 11.6 Å². The molecule has 9 nitrogen and oxygen atoms in total. The van der Waals surface area contributed by atoms with E-state index in [0.717, 1.165) is 0 Å². The minimum Gasteiger partial charge on any atom is -0.381 e. The Bertz CT molecular complexity index is 1050. The zero-order chi connectivity index (χ0) is 23.7. The van der Waals surface area contributed by atoms with Crippen LogP contribution in [0.1, 0.15) is 19.3 Å². The predicted molar refractivity (Wildman–Crippen MR) is 119 cm³/mol. The topological polar surface area (TPSA) is 130 Å². The van der Waals surface area contributed by atoms with Gasteiger partial charge in [0.2, 0.25) is 17.6 Å². The summed E-state index contributed by atoms with van der Waals surface area (Å²) in [5.74, 6) is -2.90. The van der Waals surface area contributed by atoms with Gasteiger partial charge in [-0.25, -0.2) is 14.4 Å². The number of rotatable bonds is 5. The third-order valence-electron chi connectivity index (χ3n) is 6.12. The summed E-state index contributed by atoms with van der Waals surface area (Å²) in [5.41, 5.74) is 11.6. The van der Waals surface area contributed by atoms with Crippen LogP contribution in [0.3, 0.4) is 0 Å². The Labute approximate surface area is 194 Å². The van der Waals surface area contributed by atoms with Gasteiger partial charge in [0.15, 0.2) is 11.6 Å². The van der Waals surface area contributed by atoms with Gasteiger partial charge in [0.25, 0.3) is 0 Å². The SMILES string of the molecule is NC(=O)[C@@H]1CCN(c2ncnc(N)c2F)C[C@H]1N1CCC[C@@H](Nc2cc(F)cc(Cl)c2)C1=O. The molecule has 3 atom stereocenters. The molecule has 2 aromatic rings. The van der Waals surface area contributed by atoms with Crippen LogP contribution in [0.15, 0.2) is 24.5 Å². The molecule has 4 rings (SSSR count). The zero-order valence-corrected chi connectivity index (χ0v) is 18.4. The van der Waals surface area contributed by atoms with E-state index in [4.69, 9.17) is 23.1 Å². The monoisotopic (exact) mass is 479 g/mol. The third-order valence-corrected chi connectivity index (χ3v) is 6.34. The van der Waals surface area contributed by atoms with Crippen molar-refractivity contribution >= 4 is 40.7 Å². The Hall–Kier alpha value is -3.21. The average Bonchev–Trinajstić information content (AvgIpc) is 2.76. The van der Waals surface area contributed by atoms with Crippen molar-refractivity contribution in [1.29, 1.82) is 0 Å². The van der Waals surface area contributed by atoms with Crippen LogP contribution in [-0.4, -0.2) is 58.4 Å². The maximum Gasteiger partial charge on any atom is 0.245 e. The summed E-state index contributed by atoms with van der Waals surface area (Å²) < 4.78 is 28.3. The Morgan fingerprint density at radius 2 is 1.97 bits per heavy atom. The molecule has 2 saturated heterocycles. The molecule has 0 bridgehead atoms. The number of aromatic nitrogens is 2. The van der Waals surface area contributed by atoms with Crippen molar-refractivity contribution in [1.82, 2.24) is 14.9 Å². The van der Waals surface area contributed by atoms with Crippen LogP contribution in [0.5, 0.6) is 0 Å². The molecule has 5 N–H and O–H groups in total. The first-order valence-electron chi connectivity index (χ1n) is 10.6. The normalized spacial score (nSPS) is 23.5. The quantitative estimate of drug-likeness (QED) is 0.595. The first-order chi connectivity index (χ1) is 15.7. The molecule has 0 unspecified atom stereocenters. The van der Waals surface area contributed by atoms with Crippen LogP contribution in [0.25, 0.3) is 0 Å². The van der Waals surface area contributed by atoms with Crippen molar-refractivity contribution in [3.05, 3.63) is 41.2 Å². The van der Waals surface area contributed by atoms with Gasteiger partial charge >= 0.3 is 0 Å². The van der Waals surface area contributed by atoms with E-state index in [-0.39, 0.29) is 29.1 Å². The number of primary amides is 1. The van der Waals surface area contributed by atoms with Crippen molar-refractivity contribution in [2.24, 2.45) is 11.7 Å². The highest BCUT2D eigenvalue weighted by molar-refractivity contribution is 6.30. The van der Waals surface area contributed by atoms with Crippen LogP contribution in [0.4, 0.5) is 26.1 Å². The molecule has 2 aliphatic rings. The van der Waals surface area contributed by atoms with E-state index in [2.05, 4.69) is 15.3 Å². The van der Waals surface area contributed by atoms with E-state index in [0.29, 0.717) is 38.0 Å². The highest BCUT2D eigenvalue weighted by atomic mass is 35.5. The lowest BCUT2D eigenvalue weighted by molar-refractivity contribution is -0.140. The van der Waals surface area contributed by atoms with Crippen LogP contribution in [-0.2, 0) is 9.59 Å². The number of amides is 2. The minimum atomic E-state index is -0.749. The third kappa shape index (κ3) is 4.77. The summed E-state index contributed by atoms with van der Waals surface area (Å²) >= 11 is 5.92. The van der Waals surface area contributed by atoms with E-state index in [9.17, 15) is 18.4 Å². The number of carbonyl (C=O) groups is 2. The maximum atomic E-state index is 14.5. The molecule has 2 aliphatic heterocycles. The highest BCUT2D eigenvalue weighted by Crippen LogP contribution is 2.31. The number of piperidine rings is 2. The fraction of sp³-hybridized carbons (Fsp3) is 0.429. The summed E-state index contributed by atoms with van der Waals surface area (Å²) in [6.07, 6.45) is 2.67. The van der Waals surface area contributed by atoms with Crippen molar-refractivity contribution in [2.45, 2.75) is 31.3 Å². The standard InChI is InChI=1S/C21H24ClF2N7O2/c22-11-6-12(23)8-13(7-11)29-15-2-1-4-31(21(15)33)16-9-30(5-3-14(16)19(26)32)20-17(24)18(25)27-10-28-20/h6-8,10,14-16,29H,1-5,9H2,(H2,26,32)(H2,25,27,28)/t14-,15-,16-/m1/s1. The zero-order valence-electron chi connectivity index (χ0n) is 17.7. The second-order valence-electron chi connectivity index (χ2n) is 8.24. The Balaban J connectivity index is 1.57. The van der Waals surface area contributed by atoms with E-state index >= 15 is 0 Å². The van der Waals surface area contributed by atoms with E-state index in [1.165, 1.54) is 24.5 Å². The van der Waals surface area contributed by atoms with Gasteiger partial charge in [-0.15, -0.1) is 0 Å². The number of benzene rings is 1. The molecule has 1 aromatic carbocycles. The van der Waals surface area contributed by atoms with E-state index in [1.807, 2.05) is 0 Å². The lowest BCUT2D eigenvalue weighted by Crippen LogP contribution is -2.61. The lowest BCUT2D eigenvalue weighted by Gasteiger charge is -2.46. The van der Waals surface area contributed by atoms with Crippen molar-refractivity contribution < 1.29 is 18.4 Å². The second kappa shape index (κ2) is 9.34. The number of nitrogens with one attached hydrogen (secondary N) is 1. The molecule has 2 amide bonds. The number of hydrogen-bond donors (Lipinski definition) is 3. The van der Waals surface area contributed by atoms with Gasteiger partial charge in [0.1, 0.15) is 18.2 Å². The van der Waals surface area contributed by atoms with Gasteiger partial charge < -0.3 is 26.6 Å². The summed E-state index contributed by atoms with van der Waals surface area (Å²) in [6.45, 7) is 0.895. The number of anilines is 3. The maximum absolute atomic E-state index is 14.5. The first-order valence-corrected chi connectivity index (χ1v) is 11.0. The van der Waals surface area contributed by atoms with E-state index < -0.39 is 35.5 Å². The number of nitrogens with two attached hydrogens (primary N) is 2. The van der Waals surface area contributed by atoms with Gasteiger partial charge in [-0.05, 0) is 37.5 Å². The summed E-state index contributed by atoms with van der Waals surface area (Å²) in [4.78, 5) is 36.5. The van der Waals surface area contributed by atoms with Crippen LogP contribution < -0.4 is 21.7 Å². The molecule has 3 heterocycles. The molecular weight excluding hydrogens is 456 g/mol. The fourth-order valence-corrected chi connectivity index (χ4v) is 4.79. The molecule has 0 saturated carbocycles. The molecule has 33 heavy (non-hydrogen) atoms. The second-order valence-corrected chi connectivity index (χ2v) is 8.67. The number of likely N-dealkylation sites (tertiary alicyclic amines) is 1. The fourth-order valence-electron chi connectivity index (χ4n) is 4.57. The van der Waals surface area contributed by atoms with Crippen molar-refractivity contribution in [3.63, 3.8) is 0 Å². The van der Waals surface area contributed by atoms with Gasteiger partial charge in [-0.2, -0.15) is 4.39 Å². The molecule has 2 fully saturated rings. The summed E-state index contributed by atoms with van der Waals surface area (Å²) in [6, 6.07) is 2.75. The Morgan fingerprint density at radius 3 is 2.70 bits per heavy atom. The molecule has 0 spiro atoms. The van der Waals surface area contributed by atoms with Gasteiger partial charge in [0.05, 0.1) is 12.0 Å². The predicted octanol–water partition coefficient (Wildman–Crippen LogP) is 1.77. The molecule has 0 radical (unpaired) electrons. The van der Waals surface area contributed by atoms with Gasteiger partial charge in [-0.1, -0.05) is 11.6 Å². The molecule has 12 heteroatoms. The van der Waals surface area contributed by atoms with Gasteiger partial charge in [0, 0.05) is 30.3 Å². The smallest absolute Gasteiger partial charge is 0.245 e. The number of hydrogen-bond acceptors (Lipinski definition) is 7. The molecule has 176 valence electrons. The highest BCUT2D eigenvalue weighted by Gasteiger charge is 2.42. The van der Waals surface area contributed by atoms with Crippen molar-refractivity contribution in [2.75, 3.05) is 35.6 Å². The van der Waals surface area contributed by atoms with Crippen molar-refractivity contribution in [3.8, 4) is 0 Å². The Kier molecular flexibility index (Phi) is 6.50. The van der Waals surface area contributed by atoms with Gasteiger partial charge in [-0.3, -0.25) is 9.59 Å². The number of nitrogens with zero attached hydrogens (tertiary/aromatic N) is 4. The summed E-state index contributed by atoms with van der Waals surface area (Å²) in [5, 5.41) is 3.25.